The van der Waals surface area contributed by atoms with Crippen LogP contribution in [0.4, 0.5) is 0 Å². The zero-order valence-electron chi connectivity index (χ0n) is 15.9. The highest BCUT2D eigenvalue weighted by Crippen LogP contribution is 2.34. The van der Waals surface area contributed by atoms with Crippen molar-refractivity contribution in [3.05, 3.63) is 49.0 Å². The van der Waals surface area contributed by atoms with Crippen LogP contribution in [0.25, 0.3) is 10.2 Å². The maximum absolute atomic E-state index is 13.0. The molecular formula is C21H23N3O2S2. The van der Waals surface area contributed by atoms with Crippen molar-refractivity contribution >= 4 is 38.8 Å². The monoisotopic (exact) mass is 413 g/mol. The fourth-order valence-corrected chi connectivity index (χ4v) is 6.73. The van der Waals surface area contributed by atoms with Gasteiger partial charge in [0.15, 0.2) is 0 Å². The van der Waals surface area contributed by atoms with E-state index in [2.05, 4.69) is 23.4 Å². The topological polar surface area (TPSA) is 55.2 Å². The van der Waals surface area contributed by atoms with Crippen LogP contribution in [0.1, 0.15) is 53.1 Å². The van der Waals surface area contributed by atoms with Gasteiger partial charge in [0.25, 0.3) is 5.56 Å². The Kier molecular flexibility index (Phi) is 4.59. The molecule has 146 valence electrons. The van der Waals surface area contributed by atoms with Gasteiger partial charge in [0.1, 0.15) is 4.83 Å². The van der Waals surface area contributed by atoms with Gasteiger partial charge in [-0.3, -0.25) is 14.2 Å². The van der Waals surface area contributed by atoms with Crippen molar-refractivity contribution in [3.63, 3.8) is 0 Å². The minimum Gasteiger partial charge on any atom is -0.335 e. The second kappa shape index (κ2) is 7.12. The maximum Gasteiger partial charge on any atom is 0.262 e. The maximum atomic E-state index is 13.0. The van der Waals surface area contributed by atoms with E-state index < -0.39 is 0 Å². The number of nitrogens with zero attached hydrogens (tertiary/aromatic N) is 3. The summed E-state index contributed by atoms with van der Waals surface area (Å²) in [4.78, 5) is 36.0. The summed E-state index contributed by atoms with van der Waals surface area (Å²) in [6.45, 7) is 3.25. The smallest absolute Gasteiger partial charge is 0.262 e. The molecule has 5 nitrogen and oxygen atoms in total. The summed E-state index contributed by atoms with van der Waals surface area (Å²) in [6, 6.07) is 2.25. The number of carbonyl (C=O) groups excluding carboxylic acids is 1. The van der Waals surface area contributed by atoms with E-state index in [1.807, 2.05) is 4.90 Å². The molecule has 1 atom stereocenters. The van der Waals surface area contributed by atoms with E-state index in [-0.39, 0.29) is 17.5 Å². The van der Waals surface area contributed by atoms with Gasteiger partial charge in [-0.25, -0.2) is 4.98 Å². The van der Waals surface area contributed by atoms with Crippen molar-refractivity contribution in [1.82, 2.24) is 14.5 Å². The van der Waals surface area contributed by atoms with Gasteiger partial charge in [0, 0.05) is 29.3 Å². The quantitative estimate of drug-likeness (QED) is 0.654. The standard InChI is InChI=1S/C21H23N3O2S2/c1-13-14-8-11-27-16(14)6-10-24(13)18(25)7-9-23-12-22-20-19(21(23)26)15-4-2-3-5-17(15)28-20/h8,11-13H,2-7,9-10H2,1H3/t13-/m0/s1. The third kappa shape index (κ3) is 2.92. The molecule has 0 radical (unpaired) electrons. The summed E-state index contributed by atoms with van der Waals surface area (Å²) in [7, 11) is 0. The molecule has 2 aliphatic rings. The normalized spacial score (nSPS) is 18.9. The van der Waals surface area contributed by atoms with Gasteiger partial charge in [-0.05, 0) is 61.6 Å². The van der Waals surface area contributed by atoms with Crippen LogP contribution in [0.3, 0.4) is 0 Å². The van der Waals surface area contributed by atoms with Gasteiger partial charge in [0.2, 0.25) is 5.91 Å². The van der Waals surface area contributed by atoms with Crippen molar-refractivity contribution in [2.24, 2.45) is 0 Å². The van der Waals surface area contributed by atoms with Crippen LogP contribution in [0.5, 0.6) is 0 Å². The number of thiophene rings is 2. The minimum absolute atomic E-state index is 0.0176. The number of rotatable bonds is 3. The Labute approximate surface area is 171 Å². The molecule has 0 aromatic carbocycles. The first-order chi connectivity index (χ1) is 13.6. The first-order valence-corrected chi connectivity index (χ1v) is 11.7. The van der Waals surface area contributed by atoms with Crippen LogP contribution in [0.2, 0.25) is 0 Å². The van der Waals surface area contributed by atoms with E-state index in [1.54, 1.807) is 33.6 Å². The van der Waals surface area contributed by atoms with Gasteiger partial charge in [-0.2, -0.15) is 0 Å². The fraction of sp³-hybridized carbons (Fsp3) is 0.476. The Hall–Kier alpha value is -1.99. The van der Waals surface area contributed by atoms with Crippen LogP contribution in [-0.2, 0) is 30.6 Å². The SMILES string of the molecule is C[C@H]1c2ccsc2CCN1C(=O)CCn1cnc2sc3c(c2c1=O)CCCC3. The van der Waals surface area contributed by atoms with Crippen LogP contribution in [0, 0.1) is 0 Å². The zero-order valence-corrected chi connectivity index (χ0v) is 17.6. The molecule has 1 aliphatic heterocycles. The molecule has 0 saturated heterocycles. The van der Waals surface area contributed by atoms with E-state index in [9.17, 15) is 9.59 Å². The number of hydrogen-bond donors (Lipinski definition) is 0. The Morgan fingerprint density at radius 2 is 2.11 bits per heavy atom. The summed E-state index contributed by atoms with van der Waals surface area (Å²) in [5, 5.41) is 2.90. The molecule has 0 N–H and O–H groups in total. The van der Waals surface area contributed by atoms with E-state index in [0.717, 1.165) is 42.4 Å². The second-order valence-electron chi connectivity index (χ2n) is 7.70. The predicted octanol–water partition coefficient (Wildman–Crippen LogP) is 3.93. The van der Waals surface area contributed by atoms with Gasteiger partial charge in [0.05, 0.1) is 17.8 Å². The predicted molar refractivity (Wildman–Crippen MR) is 113 cm³/mol. The molecule has 1 amide bonds. The highest BCUT2D eigenvalue weighted by atomic mass is 32.1. The lowest BCUT2D eigenvalue weighted by Crippen LogP contribution is -2.39. The Morgan fingerprint density at radius 1 is 1.25 bits per heavy atom. The molecule has 28 heavy (non-hydrogen) atoms. The number of hydrogen-bond acceptors (Lipinski definition) is 5. The number of aromatic nitrogens is 2. The van der Waals surface area contributed by atoms with Crippen molar-refractivity contribution in [2.45, 2.75) is 58.0 Å². The fourth-order valence-electron chi connectivity index (χ4n) is 4.55. The lowest BCUT2D eigenvalue weighted by atomic mass is 9.97. The van der Waals surface area contributed by atoms with Crippen LogP contribution in [0.15, 0.2) is 22.6 Å². The van der Waals surface area contributed by atoms with Crippen molar-refractivity contribution in [1.29, 1.82) is 0 Å². The molecule has 0 spiro atoms. The van der Waals surface area contributed by atoms with Gasteiger partial charge in [-0.15, -0.1) is 22.7 Å². The molecule has 0 bridgehead atoms. The molecule has 0 unspecified atom stereocenters. The van der Waals surface area contributed by atoms with E-state index in [0.29, 0.717) is 13.0 Å². The van der Waals surface area contributed by atoms with E-state index in [4.69, 9.17) is 0 Å². The number of amides is 1. The molecular weight excluding hydrogens is 390 g/mol. The second-order valence-corrected chi connectivity index (χ2v) is 9.78. The number of aryl methyl sites for hydroxylation is 3. The largest absolute Gasteiger partial charge is 0.335 e. The summed E-state index contributed by atoms with van der Waals surface area (Å²) in [5.74, 6) is 0.115. The Morgan fingerprint density at radius 3 is 3.00 bits per heavy atom. The number of carbonyl (C=O) groups is 1. The zero-order chi connectivity index (χ0) is 19.3. The highest BCUT2D eigenvalue weighted by molar-refractivity contribution is 7.18. The average molecular weight is 414 g/mol. The summed E-state index contributed by atoms with van der Waals surface area (Å²) >= 11 is 3.44. The molecule has 1 aliphatic carbocycles. The van der Waals surface area contributed by atoms with Gasteiger partial charge < -0.3 is 4.90 Å². The summed E-state index contributed by atoms with van der Waals surface area (Å²) < 4.78 is 1.63. The lowest BCUT2D eigenvalue weighted by Gasteiger charge is -2.33. The van der Waals surface area contributed by atoms with Crippen molar-refractivity contribution in [3.8, 4) is 0 Å². The molecule has 5 rings (SSSR count). The van der Waals surface area contributed by atoms with Crippen LogP contribution < -0.4 is 5.56 Å². The van der Waals surface area contributed by atoms with Crippen LogP contribution >= 0.6 is 22.7 Å². The third-order valence-corrected chi connectivity index (χ3v) is 8.30. The van der Waals surface area contributed by atoms with Crippen molar-refractivity contribution in [2.75, 3.05) is 6.54 Å². The first-order valence-electron chi connectivity index (χ1n) is 9.99. The summed E-state index contributed by atoms with van der Waals surface area (Å²) in [6.07, 6.45) is 7.26. The summed E-state index contributed by atoms with van der Waals surface area (Å²) in [5.41, 5.74) is 2.50. The third-order valence-electron chi connectivity index (χ3n) is 6.11. The molecule has 3 aromatic rings. The van der Waals surface area contributed by atoms with Crippen molar-refractivity contribution < 1.29 is 4.79 Å². The van der Waals surface area contributed by atoms with Gasteiger partial charge in [-0.1, -0.05) is 0 Å². The van der Waals surface area contributed by atoms with Gasteiger partial charge >= 0.3 is 0 Å². The van der Waals surface area contributed by atoms with Crippen LogP contribution in [-0.4, -0.2) is 26.9 Å². The molecule has 0 fully saturated rings. The molecule has 7 heteroatoms. The Bertz CT molecular complexity index is 1110. The lowest BCUT2D eigenvalue weighted by molar-refractivity contribution is -0.134. The highest BCUT2D eigenvalue weighted by Gasteiger charge is 2.28. The molecule has 4 heterocycles. The van der Waals surface area contributed by atoms with E-state index in [1.165, 1.54) is 27.3 Å². The first kappa shape index (κ1) is 18.1. The van der Waals surface area contributed by atoms with E-state index >= 15 is 0 Å². The minimum atomic E-state index is 0.0176. The average Bonchev–Trinajstić information content (AvgIpc) is 3.32. The number of fused-ring (bicyclic) bond motifs is 4. The Balaban J connectivity index is 1.36. The molecule has 3 aromatic heterocycles. The molecule has 0 saturated carbocycles.